The first-order chi connectivity index (χ1) is 14.8. The molecule has 0 atom stereocenters. The Bertz CT molecular complexity index is 1260. The number of nitrogens with zero attached hydrogens (tertiary/aromatic N) is 5. The summed E-state index contributed by atoms with van der Waals surface area (Å²) in [6, 6.07) is 21.9. The van der Waals surface area contributed by atoms with Gasteiger partial charge in [0.1, 0.15) is 24.8 Å². The number of fused-ring (bicyclic) bond motifs is 2. The Balaban J connectivity index is 0.00000144. The van der Waals surface area contributed by atoms with E-state index in [1.54, 1.807) is 14.2 Å². The van der Waals surface area contributed by atoms with Crippen molar-refractivity contribution in [2.24, 2.45) is 0 Å². The van der Waals surface area contributed by atoms with Gasteiger partial charge in [-0.1, -0.05) is 30.3 Å². The summed E-state index contributed by atoms with van der Waals surface area (Å²) in [6.45, 7) is 0.786. The molecule has 0 aliphatic carbocycles. The predicted molar refractivity (Wildman–Crippen MR) is 116 cm³/mol. The smallest absolute Gasteiger partial charge is 1.00 e. The molecule has 0 fully saturated rings. The van der Waals surface area contributed by atoms with Crippen molar-refractivity contribution in [3.63, 3.8) is 0 Å². The van der Waals surface area contributed by atoms with Gasteiger partial charge >= 0.3 is 18.6 Å². The fourth-order valence-corrected chi connectivity index (χ4v) is 3.75. The second kappa shape index (κ2) is 13.1. The van der Waals surface area contributed by atoms with Gasteiger partial charge in [0.05, 0.1) is 22.1 Å². The molecule has 0 saturated heterocycles. The molecular formula is C23H21Cl3N5O2V. The van der Waals surface area contributed by atoms with Gasteiger partial charge in [-0.3, -0.25) is 9.13 Å². The van der Waals surface area contributed by atoms with E-state index in [1.165, 1.54) is 0 Å². The zero-order valence-corrected chi connectivity index (χ0v) is 22.1. The number of halogens is 3. The first-order valence-corrected chi connectivity index (χ1v) is 9.66. The summed E-state index contributed by atoms with van der Waals surface area (Å²) in [5.41, 5.74) is 5.35. The molecule has 3 heterocycles. The van der Waals surface area contributed by atoms with Gasteiger partial charge in [0.2, 0.25) is 0 Å². The number of pyridine rings is 1. The quantitative estimate of drug-likeness (QED) is 0.211. The van der Waals surface area contributed by atoms with Crippen LogP contribution in [0, 0.1) is 0 Å². The molecule has 5 rings (SSSR count). The molecule has 0 radical (unpaired) electrons. The van der Waals surface area contributed by atoms with Crippen LogP contribution in [0.1, 0.15) is 0 Å². The summed E-state index contributed by atoms with van der Waals surface area (Å²) in [4.78, 5) is 14.5. The first-order valence-electron chi connectivity index (χ1n) is 9.66. The molecule has 0 aliphatic rings. The molecule has 3 aromatic heterocycles. The van der Waals surface area contributed by atoms with Gasteiger partial charge in [0.25, 0.3) is 0 Å². The zero-order valence-electron chi connectivity index (χ0n) is 18.4. The molecule has 34 heavy (non-hydrogen) atoms. The van der Waals surface area contributed by atoms with E-state index in [0.717, 1.165) is 45.1 Å². The number of benzene rings is 2. The van der Waals surface area contributed by atoms with Crippen molar-refractivity contribution < 1.29 is 65.3 Å². The first kappa shape index (κ1) is 29.9. The Morgan fingerprint density at radius 1 is 0.588 bits per heavy atom. The van der Waals surface area contributed by atoms with Crippen LogP contribution in [0.2, 0.25) is 0 Å². The molecular weight excluding hydrogens is 536 g/mol. The summed E-state index contributed by atoms with van der Waals surface area (Å²) in [7, 11) is 3.35. The molecule has 0 unspecified atom stereocenters. The van der Waals surface area contributed by atoms with E-state index < -0.39 is 0 Å². The summed E-state index contributed by atoms with van der Waals surface area (Å²) in [5.74, 6) is 1.52. The second-order valence-electron chi connectivity index (χ2n) is 6.95. The number of hydrogen-bond acceptors (Lipinski definition) is 5. The van der Waals surface area contributed by atoms with Crippen LogP contribution in [-0.2, 0) is 41.5 Å². The van der Waals surface area contributed by atoms with E-state index in [2.05, 4.69) is 0 Å². The molecule has 0 saturated carbocycles. The fourth-order valence-electron chi connectivity index (χ4n) is 3.75. The van der Waals surface area contributed by atoms with E-state index in [-0.39, 0.29) is 55.8 Å². The maximum Gasteiger partial charge on any atom is 3.00 e. The van der Waals surface area contributed by atoms with Gasteiger partial charge in [-0.2, -0.15) is 0 Å². The molecule has 0 N–H and O–H groups in total. The number of para-hydroxylation sites is 4. The predicted octanol–water partition coefficient (Wildman–Crippen LogP) is -4.67. The van der Waals surface area contributed by atoms with Gasteiger partial charge in [0, 0.05) is 14.2 Å². The van der Waals surface area contributed by atoms with Gasteiger partial charge in [-0.15, -0.1) is 0 Å². The van der Waals surface area contributed by atoms with Gasteiger partial charge in [-0.05, 0) is 36.4 Å². The Morgan fingerprint density at radius 2 is 1.00 bits per heavy atom. The number of aromatic nitrogens is 5. The molecule has 0 aliphatic heterocycles. The third-order valence-electron chi connectivity index (χ3n) is 5.03. The minimum absolute atomic E-state index is 0. The van der Waals surface area contributed by atoms with E-state index in [4.69, 9.17) is 24.4 Å². The third kappa shape index (κ3) is 5.42. The van der Waals surface area contributed by atoms with E-state index in [0.29, 0.717) is 13.5 Å². The zero-order chi connectivity index (χ0) is 20.5. The van der Waals surface area contributed by atoms with Crippen LogP contribution >= 0.6 is 0 Å². The minimum atomic E-state index is 0. The normalized spacial score (nSPS) is 10.2. The van der Waals surface area contributed by atoms with Crippen molar-refractivity contribution in [3.05, 3.63) is 66.7 Å². The van der Waals surface area contributed by atoms with Crippen molar-refractivity contribution in [2.45, 2.75) is 13.5 Å². The molecule has 5 aromatic rings. The van der Waals surface area contributed by atoms with Gasteiger partial charge in [0.15, 0.2) is 11.6 Å². The van der Waals surface area contributed by atoms with E-state index in [9.17, 15) is 0 Å². The Labute approximate surface area is 228 Å². The Kier molecular flexibility index (Phi) is 11.5. The fraction of sp³-hybridized carbons (Fsp3) is 0.174. The Morgan fingerprint density at radius 3 is 1.41 bits per heavy atom. The van der Waals surface area contributed by atoms with Crippen LogP contribution in [0.5, 0.6) is 0 Å². The molecule has 11 heteroatoms. The average Bonchev–Trinajstić information content (AvgIpc) is 3.34. The summed E-state index contributed by atoms with van der Waals surface area (Å²) >= 11 is 0. The SMILES string of the molecule is COCn1c(-c2cccc(-c3nc4ccccc4n3COC)n2)nc2ccccc21.[Cl-].[Cl-].[Cl-].[V+3]. The van der Waals surface area contributed by atoms with Crippen molar-refractivity contribution >= 4 is 22.1 Å². The molecule has 176 valence electrons. The summed E-state index contributed by atoms with van der Waals surface area (Å²) < 4.78 is 14.9. The van der Waals surface area contributed by atoms with Crippen LogP contribution < -0.4 is 37.2 Å². The number of imidazole rings is 2. The molecule has 0 spiro atoms. The maximum atomic E-state index is 5.42. The maximum absolute atomic E-state index is 5.42. The van der Waals surface area contributed by atoms with Gasteiger partial charge < -0.3 is 46.7 Å². The second-order valence-corrected chi connectivity index (χ2v) is 6.95. The molecule has 0 amide bonds. The van der Waals surface area contributed by atoms with Crippen LogP contribution in [-0.4, -0.2) is 38.3 Å². The molecule has 0 bridgehead atoms. The minimum Gasteiger partial charge on any atom is -1.00 e. The van der Waals surface area contributed by atoms with Crippen molar-refractivity contribution in [3.8, 4) is 23.0 Å². The van der Waals surface area contributed by atoms with Crippen LogP contribution in [0.4, 0.5) is 0 Å². The summed E-state index contributed by atoms with van der Waals surface area (Å²) in [6.07, 6.45) is 0. The number of rotatable bonds is 6. The Hall–Kier alpha value is -2.10. The molecule has 2 aromatic carbocycles. The topological polar surface area (TPSA) is 67.0 Å². The van der Waals surface area contributed by atoms with E-state index in [1.807, 2.05) is 75.9 Å². The largest absolute Gasteiger partial charge is 3.00 e. The van der Waals surface area contributed by atoms with Crippen molar-refractivity contribution in [1.29, 1.82) is 0 Å². The standard InChI is InChI=1S/C23H21N5O2.3ClH.V/c1-29-14-27-20-12-5-3-8-16(20)25-22(27)18-10-7-11-19(24-18)23-26-17-9-4-6-13-21(17)28(23)15-30-2;;;;/h3-13H,14-15H2,1-2H3;3*1H;/q;;;;+3/p-3. The number of hydrogen-bond donors (Lipinski definition) is 0. The number of methoxy groups -OCH3 is 2. The van der Waals surface area contributed by atoms with Crippen molar-refractivity contribution in [1.82, 2.24) is 24.1 Å². The monoisotopic (exact) mass is 555 g/mol. The van der Waals surface area contributed by atoms with Crippen molar-refractivity contribution in [2.75, 3.05) is 14.2 Å². The van der Waals surface area contributed by atoms with Gasteiger partial charge in [-0.25, -0.2) is 15.0 Å². The van der Waals surface area contributed by atoms with Crippen LogP contribution in [0.15, 0.2) is 66.7 Å². The van der Waals surface area contributed by atoms with Crippen LogP contribution in [0.25, 0.3) is 45.1 Å². The molecule has 7 nitrogen and oxygen atoms in total. The van der Waals surface area contributed by atoms with Crippen LogP contribution in [0.3, 0.4) is 0 Å². The van der Waals surface area contributed by atoms with E-state index >= 15 is 0 Å². The number of ether oxygens (including phenoxy) is 2. The third-order valence-corrected chi connectivity index (χ3v) is 5.03. The average molecular weight is 557 g/mol. The summed E-state index contributed by atoms with van der Waals surface area (Å²) in [5, 5.41) is 0.